The number of rotatable bonds is 1. The van der Waals surface area contributed by atoms with Crippen LogP contribution in [0.3, 0.4) is 0 Å². The minimum atomic E-state index is -0.493. The van der Waals surface area contributed by atoms with Crippen molar-refractivity contribution >= 4 is 35.8 Å². The van der Waals surface area contributed by atoms with Crippen molar-refractivity contribution in [2.24, 2.45) is 0 Å². The minimum Gasteiger partial charge on any atom is -0.534 e. The third kappa shape index (κ3) is 2.32. The quantitative estimate of drug-likeness (QED) is 0.729. The second-order valence-corrected chi connectivity index (χ2v) is 5.43. The molecule has 1 aromatic rings. The first-order valence-electron chi connectivity index (χ1n) is 5.30. The number of hydrogen-bond acceptors (Lipinski definition) is 2. The Morgan fingerprint density at radius 1 is 1.24 bits per heavy atom. The molecule has 0 aliphatic carbocycles. The molecule has 17 heavy (non-hydrogen) atoms. The fourth-order valence-electron chi connectivity index (χ4n) is 1.57. The van der Waals surface area contributed by atoms with Crippen LogP contribution in [0.5, 0.6) is 0 Å². The summed E-state index contributed by atoms with van der Waals surface area (Å²) < 4.78 is 11.3. The SMILES string of the molecule is C=C1OB(c2cc(Cl)c(C)c(Cl)c2)OC1(C)C. The van der Waals surface area contributed by atoms with Gasteiger partial charge in [0, 0.05) is 10.0 Å². The zero-order valence-electron chi connectivity index (χ0n) is 10.0. The summed E-state index contributed by atoms with van der Waals surface area (Å²) in [6, 6.07) is 3.62. The highest BCUT2D eigenvalue weighted by Gasteiger charge is 2.43. The topological polar surface area (TPSA) is 18.5 Å². The molecule has 0 atom stereocenters. The molecule has 90 valence electrons. The minimum absolute atomic E-state index is 0.492. The van der Waals surface area contributed by atoms with Crippen LogP contribution in [0.4, 0.5) is 0 Å². The van der Waals surface area contributed by atoms with Gasteiger partial charge in [0.05, 0.1) is 5.76 Å². The van der Waals surface area contributed by atoms with E-state index in [9.17, 15) is 0 Å². The first kappa shape index (κ1) is 12.8. The van der Waals surface area contributed by atoms with E-state index in [1.165, 1.54) is 0 Å². The smallest absolute Gasteiger partial charge is 0.534 e. The summed E-state index contributed by atoms with van der Waals surface area (Å²) in [5.41, 5.74) is 1.17. The fraction of sp³-hybridized carbons (Fsp3) is 0.333. The maximum Gasteiger partial charge on any atom is 0.563 e. The van der Waals surface area contributed by atoms with Crippen molar-refractivity contribution in [3.05, 3.63) is 40.1 Å². The summed E-state index contributed by atoms with van der Waals surface area (Å²) in [7, 11) is -0.493. The van der Waals surface area contributed by atoms with Crippen molar-refractivity contribution < 1.29 is 9.31 Å². The van der Waals surface area contributed by atoms with Crippen LogP contribution in [-0.2, 0) is 9.31 Å². The Morgan fingerprint density at radius 3 is 2.18 bits per heavy atom. The summed E-state index contributed by atoms with van der Waals surface area (Å²) >= 11 is 12.2. The lowest BCUT2D eigenvalue weighted by Gasteiger charge is -2.15. The Hall–Kier alpha value is -0.635. The molecule has 0 aromatic heterocycles. The van der Waals surface area contributed by atoms with E-state index >= 15 is 0 Å². The van der Waals surface area contributed by atoms with Crippen LogP contribution in [0.15, 0.2) is 24.5 Å². The standard InChI is InChI=1S/C12H13BCl2O2/c1-7-10(14)5-9(6-11(7)15)13-16-8(2)12(3,4)17-13/h5-6H,2H2,1,3-4H3. The highest BCUT2D eigenvalue weighted by atomic mass is 35.5. The maximum atomic E-state index is 6.09. The van der Waals surface area contributed by atoms with Crippen molar-refractivity contribution in [2.75, 3.05) is 0 Å². The molecule has 1 saturated heterocycles. The Morgan fingerprint density at radius 2 is 1.76 bits per heavy atom. The highest BCUT2D eigenvalue weighted by Crippen LogP contribution is 2.30. The molecule has 0 radical (unpaired) electrons. The van der Waals surface area contributed by atoms with Crippen molar-refractivity contribution in [1.29, 1.82) is 0 Å². The van der Waals surface area contributed by atoms with Crippen LogP contribution in [0.25, 0.3) is 0 Å². The number of halogens is 2. The lowest BCUT2D eigenvalue weighted by Crippen LogP contribution is -2.34. The predicted molar refractivity (Wildman–Crippen MR) is 72.0 cm³/mol. The Balaban J connectivity index is 2.34. The predicted octanol–water partition coefficient (Wildman–Crippen LogP) is 3.34. The largest absolute Gasteiger partial charge is 0.563 e. The van der Waals surface area contributed by atoms with Crippen molar-refractivity contribution in [2.45, 2.75) is 26.4 Å². The first-order chi connectivity index (χ1) is 7.81. The molecule has 5 heteroatoms. The van der Waals surface area contributed by atoms with Crippen LogP contribution in [-0.4, -0.2) is 12.7 Å². The van der Waals surface area contributed by atoms with Crippen molar-refractivity contribution in [1.82, 2.24) is 0 Å². The molecule has 0 amide bonds. The van der Waals surface area contributed by atoms with Crippen LogP contribution >= 0.6 is 23.2 Å². The molecule has 0 bridgehead atoms. The maximum absolute atomic E-state index is 6.09. The van der Waals surface area contributed by atoms with Gasteiger partial charge in [-0.15, -0.1) is 0 Å². The van der Waals surface area contributed by atoms with E-state index in [4.69, 9.17) is 32.5 Å². The van der Waals surface area contributed by atoms with Crippen molar-refractivity contribution in [3.8, 4) is 0 Å². The summed E-state index contributed by atoms with van der Waals surface area (Å²) in [6.45, 7) is 9.52. The Kier molecular flexibility index (Phi) is 3.19. The van der Waals surface area contributed by atoms with E-state index < -0.39 is 12.7 Å². The average Bonchev–Trinajstić information content (AvgIpc) is 2.49. The van der Waals surface area contributed by atoms with Crippen LogP contribution in [0.1, 0.15) is 19.4 Å². The van der Waals surface area contributed by atoms with Crippen LogP contribution in [0.2, 0.25) is 10.0 Å². The average molecular weight is 271 g/mol. The van der Waals surface area contributed by atoms with Gasteiger partial charge in [0.1, 0.15) is 5.60 Å². The summed E-state index contributed by atoms with van der Waals surface area (Å²) in [6.07, 6.45) is 0. The molecular weight excluding hydrogens is 258 g/mol. The molecule has 0 unspecified atom stereocenters. The third-order valence-corrected chi connectivity index (χ3v) is 3.68. The fourth-order valence-corrected chi connectivity index (χ4v) is 2.07. The second-order valence-electron chi connectivity index (χ2n) is 4.61. The summed E-state index contributed by atoms with van der Waals surface area (Å²) in [5.74, 6) is 0.607. The van der Waals surface area contributed by atoms with E-state index in [1.807, 2.05) is 32.9 Å². The van der Waals surface area contributed by atoms with Gasteiger partial charge in [0.15, 0.2) is 0 Å². The van der Waals surface area contributed by atoms with Gasteiger partial charge in [-0.2, -0.15) is 0 Å². The van der Waals surface area contributed by atoms with Crippen LogP contribution in [0, 0.1) is 6.92 Å². The molecule has 1 aliphatic heterocycles. The Labute approximate surface area is 112 Å². The highest BCUT2D eigenvalue weighted by molar-refractivity contribution is 6.63. The molecule has 0 spiro atoms. The molecule has 0 saturated carbocycles. The molecule has 2 rings (SSSR count). The lowest BCUT2D eigenvalue weighted by atomic mass is 9.79. The van der Waals surface area contributed by atoms with Crippen LogP contribution < -0.4 is 5.46 Å². The van der Waals surface area contributed by atoms with Gasteiger partial charge < -0.3 is 9.31 Å². The monoisotopic (exact) mass is 270 g/mol. The molecule has 1 aliphatic rings. The van der Waals surface area contributed by atoms with Gasteiger partial charge >= 0.3 is 7.12 Å². The summed E-state index contributed by atoms with van der Waals surface area (Å²) in [4.78, 5) is 0. The van der Waals surface area contributed by atoms with Crippen molar-refractivity contribution in [3.63, 3.8) is 0 Å². The second kappa shape index (κ2) is 4.23. The molecule has 1 heterocycles. The third-order valence-electron chi connectivity index (χ3n) is 2.90. The van der Waals surface area contributed by atoms with E-state index in [0.29, 0.717) is 15.8 Å². The molecule has 1 aromatic carbocycles. The zero-order chi connectivity index (χ0) is 12.8. The molecular formula is C12H13BCl2O2. The molecule has 1 fully saturated rings. The first-order valence-corrected chi connectivity index (χ1v) is 6.06. The van der Waals surface area contributed by atoms with Gasteiger partial charge in [-0.3, -0.25) is 0 Å². The number of hydrogen-bond donors (Lipinski definition) is 0. The normalized spacial score (nSPS) is 18.4. The van der Waals surface area contributed by atoms with E-state index in [2.05, 4.69) is 6.58 Å². The Bertz CT molecular complexity index is 462. The zero-order valence-corrected chi connectivity index (χ0v) is 11.5. The summed E-state index contributed by atoms with van der Waals surface area (Å²) in [5, 5.41) is 1.21. The lowest BCUT2D eigenvalue weighted by molar-refractivity contribution is 0.173. The molecule has 2 nitrogen and oxygen atoms in total. The number of benzene rings is 1. The van der Waals surface area contributed by atoms with E-state index in [0.717, 1.165) is 11.0 Å². The van der Waals surface area contributed by atoms with E-state index in [1.54, 1.807) is 0 Å². The van der Waals surface area contributed by atoms with Gasteiger partial charge in [-0.25, -0.2) is 0 Å². The van der Waals surface area contributed by atoms with Gasteiger partial charge in [0.25, 0.3) is 0 Å². The van der Waals surface area contributed by atoms with Gasteiger partial charge in [-0.05, 0) is 43.9 Å². The van der Waals surface area contributed by atoms with Gasteiger partial charge in [-0.1, -0.05) is 29.8 Å². The molecule has 0 N–H and O–H groups in total. The van der Waals surface area contributed by atoms with Gasteiger partial charge in [0.2, 0.25) is 0 Å². The van der Waals surface area contributed by atoms with E-state index in [-0.39, 0.29) is 0 Å².